The maximum absolute atomic E-state index is 11.9. The molecule has 18 heavy (non-hydrogen) atoms. The number of nitro groups is 1. The van der Waals surface area contributed by atoms with Crippen molar-refractivity contribution in [1.29, 1.82) is 0 Å². The fourth-order valence-electron chi connectivity index (χ4n) is 1.21. The Balaban J connectivity index is 2.79. The molecule has 0 aliphatic heterocycles. The van der Waals surface area contributed by atoms with Crippen LogP contribution in [0.4, 0.5) is 24.5 Å². The van der Waals surface area contributed by atoms with Gasteiger partial charge in [0.15, 0.2) is 5.75 Å². The van der Waals surface area contributed by atoms with Crippen LogP contribution >= 0.6 is 0 Å². The van der Waals surface area contributed by atoms with Gasteiger partial charge in [0.05, 0.1) is 18.0 Å². The highest BCUT2D eigenvalue weighted by Crippen LogP contribution is 2.30. The maximum Gasteiger partial charge on any atom is 0.392 e. The molecule has 1 aromatic carbocycles. The van der Waals surface area contributed by atoms with E-state index in [1.807, 2.05) is 0 Å². The third kappa shape index (κ3) is 4.11. The summed E-state index contributed by atoms with van der Waals surface area (Å²) in [6.07, 6.45) is -5.50. The van der Waals surface area contributed by atoms with Gasteiger partial charge in [-0.25, -0.2) is 0 Å². The standard InChI is InChI=1S/C10H11F3N2O3/c1-14-7-2-3-9(8(6-7)15(16)17)18-5-4-10(11,12)13/h2-3,6,14H,4-5H2,1H3. The summed E-state index contributed by atoms with van der Waals surface area (Å²) < 4.78 is 40.5. The lowest BCUT2D eigenvalue weighted by Crippen LogP contribution is -2.13. The number of alkyl halides is 3. The molecule has 1 rings (SSSR count). The van der Waals surface area contributed by atoms with E-state index in [2.05, 4.69) is 5.32 Å². The summed E-state index contributed by atoms with van der Waals surface area (Å²) in [6, 6.07) is 3.94. The molecular weight excluding hydrogens is 253 g/mol. The summed E-state index contributed by atoms with van der Waals surface area (Å²) >= 11 is 0. The zero-order valence-corrected chi connectivity index (χ0v) is 9.45. The van der Waals surface area contributed by atoms with Crippen molar-refractivity contribution in [2.45, 2.75) is 12.6 Å². The largest absolute Gasteiger partial charge is 0.486 e. The quantitative estimate of drug-likeness (QED) is 0.656. The molecule has 0 aliphatic rings. The normalized spacial score (nSPS) is 11.1. The van der Waals surface area contributed by atoms with Gasteiger partial charge >= 0.3 is 11.9 Å². The predicted octanol–water partition coefficient (Wildman–Crippen LogP) is 2.97. The van der Waals surface area contributed by atoms with E-state index in [4.69, 9.17) is 4.74 Å². The SMILES string of the molecule is CNc1ccc(OCCC(F)(F)F)c([N+](=O)[O-])c1. The van der Waals surface area contributed by atoms with Crippen molar-refractivity contribution >= 4 is 11.4 Å². The highest BCUT2D eigenvalue weighted by Gasteiger charge is 2.27. The van der Waals surface area contributed by atoms with Gasteiger partial charge in [0, 0.05) is 18.8 Å². The third-order valence-electron chi connectivity index (χ3n) is 2.09. The van der Waals surface area contributed by atoms with Gasteiger partial charge in [-0.15, -0.1) is 0 Å². The Morgan fingerprint density at radius 1 is 1.44 bits per heavy atom. The molecule has 0 heterocycles. The van der Waals surface area contributed by atoms with Gasteiger partial charge in [-0.05, 0) is 12.1 Å². The van der Waals surface area contributed by atoms with E-state index in [0.717, 1.165) is 0 Å². The Kier molecular flexibility index (Phi) is 4.35. The molecule has 0 aromatic heterocycles. The number of nitrogens with one attached hydrogen (secondary N) is 1. The Morgan fingerprint density at radius 2 is 2.11 bits per heavy atom. The van der Waals surface area contributed by atoms with Gasteiger partial charge in [-0.2, -0.15) is 13.2 Å². The Bertz CT molecular complexity index is 435. The minimum Gasteiger partial charge on any atom is -0.486 e. The molecule has 0 bridgehead atoms. The summed E-state index contributed by atoms with van der Waals surface area (Å²) in [6.45, 7) is -0.650. The number of hydrogen-bond donors (Lipinski definition) is 1. The predicted molar refractivity (Wildman–Crippen MR) is 58.8 cm³/mol. The topological polar surface area (TPSA) is 64.4 Å². The number of nitrogens with zero attached hydrogens (tertiary/aromatic N) is 1. The zero-order chi connectivity index (χ0) is 13.8. The summed E-state index contributed by atoms with van der Waals surface area (Å²) in [5.74, 6) is -0.178. The molecule has 5 nitrogen and oxygen atoms in total. The Hall–Kier alpha value is -1.99. The molecule has 8 heteroatoms. The zero-order valence-electron chi connectivity index (χ0n) is 9.45. The van der Waals surface area contributed by atoms with E-state index >= 15 is 0 Å². The molecule has 1 aromatic rings. The van der Waals surface area contributed by atoms with E-state index in [0.29, 0.717) is 5.69 Å². The van der Waals surface area contributed by atoms with Crippen LogP contribution in [0, 0.1) is 10.1 Å². The molecule has 0 saturated heterocycles. The van der Waals surface area contributed by atoms with Crippen LogP contribution in [0.15, 0.2) is 18.2 Å². The fourth-order valence-corrected chi connectivity index (χ4v) is 1.21. The maximum atomic E-state index is 11.9. The molecule has 0 spiro atoms. The smallest absolute Gasteiger partial charge is 0.392 e. The van der Waals surface area contributed by atoms with Crippen LogP contribution in [0.3, 0.4) is 0 Å². The lowest BCUT2D eigenvalue weighted by Gasteiger charge is -2.09. The molecule has 0 aliphatic carbocycles. The van der Waals surface area contributed by atoms with Gasteiger partial charge in [0.1, 0.15) is 0 Å². The van der Waals surface area contributed by atoms with Crippen LogP contribution in [0.25, 0.3) is 0 Å². The number of hydrogen-bond acceptors (Lipinski definition) is 4. The minimum atomic E-state index is -4.35. The summed E-state index contributed by atoms with van der Waals surface area (Å²) in [4.78, 5) is 10.0. The number of anilines is 1. The average molecular weight is 264 g/mol. The average Bonchev–Trinajstić information content (AvgIpc) is 2.27. The van der Waals surface area contributed by atoms with Crippen LogP contribution < -0.4 is 10.1 Å². The van der Waals surface area contributed by atoms with Crippen molar-refractivity contribution in [3.05, 3.63) is 28.3 Å². The van der Waals surface area contributed by atoms with Crippen LogP contribution in [-0.4, -0.2) is 24.8 Å². The monoisotopic (exact) mass is 264 g/mol. The van der Waals surface area contributed by atoms with E-state index < -0.39 is 24.1 Å². The molecule has 1 N–H and O–H groups in total. The first kappa shape index (κ1) is 14.1. The Morgan fingerprint density at radius 3 is 2.61 bits per heavy atom. The highest BCUT2D eigenvalue weighted by atomic mass is 19.4. The van der Waals surface area contributed by atoms with Crippen LogP contribution in [0.5, 0.6) is 5.75 Å². The molecule has 0 unspecified atom stereocenters. The summed E-state index contributed by atoms with van der Waals surface area (Å²) in [5.41, 5.74) is 0.105. The molecule has 0 radical (unpaired) electrons. The van der Waals surface area contributed by atoms with Gasteiger partial charge in [0.2, 0.25) is 0 Å². The first-order chi connectivity index (χ1) is 8.33. The lowest BCUT2D eigenvalue weighted by molar-refractivity contribution is -0.385. The van der Waals surface area contributed by atoms with E-state index in [-0.39, 0.29) is 11.4 Å². The van der Waals surface area contributed by atoms with E-state index in [1.54, 1.807) is 7.05 Å². The molecule has 100 valence electrons. The van der Waals surface area contributed by atoms with Gasteiger partial charge in [0.25, 0.3) is 0 Å². The van der Waals surface area contributed by atoms with E-state index in [9.17, 15) is 23.3 Å². The van der Waals surface area contributed by atoms with Crippen molar-refractivity contribution < 1.29 is 22.8 Å². The van der Waals surface area contributed by atoms with Crippen LogP contribution in [0.2, 0.25) is 0 Å². The van der Waals surface area contributed by atoms with Crippen LogP contribution in [0.1, 0.15) is 6.42 Å². The number of halogens is 3. The fraction of sp³-hybridized carbons (Fsp3) is 0.400. The highest BCUT2D eigenvalue weighted by molar-refractivity contribution is 5.58. The van der Waals surface area contributed by atoms with Gasteiger partial charge < -0.3 is 10.1 Å². The minimum absolute atomic E-state index is 0.178. The van der Waals surface area contributed by atoms with Crippen molar-refractivity contribution in [2.75, 3.05) is 19.0 Å². The van der Waals surface area contributed by atoms with Gasteiger partial charge in [-0.3, -0.25) is 10.1 Å². The molecule has 0 saturated carbocycles. The number of nitro benzene ring substituents is 1. The lowest BCUT2D eigenvalue weighted by atomic mass is 10.2. The second-order valence-electron chi connectivity index (χ2n) is 3.40. The number of ether oxygens (including phenoxy) is 1. The second kappa shape index (κ2) is 5.56. The van der Waals surface area contributed by atoms with Crippen molar-refractivity contribution in [3.8, 4) is 5.75 Å². The number of benzene rings is 1. The molecular formula is C10H11F3N2O3. The molecule has 0 fully saturated rings. The van der Waals surface area contributed by atoms with Gasteiger partial charge in [-0.1, -0.05) is 0 Å². The van der Waals surface area contributed by atoms with Crippen molar-refractivity contribution in [1.82, 2.24) is 0 Å². The Labute approximate surface area is 101 Å². The van der Waals surface area contributed by atoms with Crippen molar-refractivity contribution in [2.24, 2.45) is 0 Å². The molecule has 0 atom stereocenters. The summed E-state index contributed by atoms with van der Waals surface area (Å²) in [7, 11) is 1.57. The summed E-state index contributed by atoms with van der Waals surface area (Å²) in [5, 5.41) is 13.4. The third-order valence-corrected chi connectivity index (χ3v) is 2.09. The van der Waals surface area contributed by atoms with Crippen LogP contribution in [-0.2, 0) is 0 Å². The van der Waals surface area contributed by atoms with E-state index in [1.165, 1.54) is 18.2 Å². The van der Waals surface area contributed by atoms with Crippen molar-refractivity contribution in [3.63, 3.8) is 0 Å². The second-order valence-corrected chi connectivity index (χ2v) is 3.40. The molecule has 0 amide bonds. The first-order valence-corrected chi connectivity index (χ1v) is 4.99. The number of rotatable bonds is 5. The first-order valence-electron chi connectivity index (χ1n) is 4.99.